The smallest absolute Gasteiger partial charge is 0.356 e. The van der Waals surface area contributed by atoms with Crippen molar-refractivity contribution in [1.82, 2.24) is 14.3 Å². The number of imidazole rings is 1. The monoisotopic (exact) mass is 273 g/mol. The van der Waals surface area contributed by atoms with Crippen LogP contribution in [0.2, 0.25) is 0 Å². The molecular formula is C15H19N3O2. The average molecular weight is 273 g/mol. The van der Waals surface area contributed by atoms with Crippen molar-refractivity contribution in [3.05, 3.63) is 35.4 Å². The molecule has 1 N–H and O–H groups in total. The summed E-state index contributed by atoms with van der Waals surface area (Å²) in [5, 5.41) is 9.34. The van der Waals surface area contributed by atoms with Crippen molar-refractivity contribution in [2.75, 3.05) is 20.1 Å². The van der Waals surface area contributed by atoms with Crippen molar-refractivity contribution in [3.63, 3.8) is 0 Å². The van der Waals surface area contributed by atoms with Gasteiger partial charge in [0.15, 0.2) is 5.69 Å². The van der Waals surface area contributed by atoms with E-state index >= 15 is 0 Å². The van der Waals surface area contributed by atoms with Crippen molar-refractivity contribution >= 4 is 11.5 Å². The lowest BCUT2D eigenvalue weighted by atomic mass is 9.96. The van der Waals surface area contributed by atoms with Crippen LogP contribution in [0.3, 0.4) is 0 Å². The highest BCUT2D eigenvalue weighted by Crippen LogP contribution is 2.29. The highest BCUT2D eigenvalue weighted by atomic mass is 16.4. The molecule has 0 spiro atoms. The van der Waals surface area contributed by atoms with E-state index < -0.39 is 5.97 Å². The minimum atomic E-state index is -0.952. The van der Waals surface area contributed by atoms with Gasteiger partial charge in [0.2, 0.25) is 0 Å². The number of nitrogens with zero attached hydrogens (tertiary/aromatic N) is 3. The van der Waals surface area contributed by atoms with Crippen LogP contribution in [0.1, 0.15) is 40.6 Å². The van der Waals surface area contributed by atoms with Crippen molar-refractivity contribution < 1.29 is 9.90 Å². The third-order valence-electron chi connectivity index (χ3n) is 4.11. The van der Waals surface area contributed by atoms with Gasteiger partial charge in [-0.05, 0) is 57.6 Å². The van der Waals surface area contributed by atoms with E-state index in [0.29, 0.717) is 11.4 Å². The van der Waals surface area contributed by atoms with Gasteiger partial charge >= 0.3 is 5.97 Å². The number of hydrogen-bond donors (Lipinski definition) is 1. The second-order valence-corrected chi connectivity index (χ2v) is 5.66. The molecule has 1 aliphatic rings. The summed E-state index contributed by atoms with van der Waals surface area (Å²) < 4.78 is 1.95. The van der Waals surface area contributed by atoms with Gasteiger partial charge in [0.05, 0.1) is 5.52 Å². The molecule has 0 unspecified atom stereocenters. The summed E-state index contributed by atoms with van der Waals surface area (Å²) in [5.74, 6) is 0.285. The second-order valence-electron chi connectivity index (χ2n) is 5.66. The zero-order valence-electron chi connectivity index (χ0n) is 11.8. The van der Waals surface area contributed by atoms with Gasteiger partial charge in [-0.15, -0.1) is 0 Å². The summed E-state index contributed by atoms with van der Waals surface area (Å²) in [4.78, 5) is 18.1. The Labute approximate surface area is 117 Å². The van der Waals surface area contributed by atoms with E-state index in [1.54, 1.807) is 0 Å². The quantitative estimate of drug-likeness (QED) is 0.911. The van der Waals surface area contributed by atoms with Crippen molar-refractivity contribution in [1.29, 1.82) is 0 Å². The van der Waals surface area contributed by atoms with Crippen LogP contribution in [0.15, 0.2) is 18.3 Å². The molecule has 0 saturated carbocycles. The Morgan fingerprint density at radius 3 is 2.75 bits per heavy atom. The van der Waals surface area contributed by atoms with Crippen LogP contribution in [0.4, 0.5) is 0 Å². The predicted octanol–water partition coefficient (Wildman–Crippen LogP) is 2.15. The molecule has 0 amide bonds. The largest absolute Gasteiger partial charge is 0.476 e. The van der Waals surface area contributed by atoms with E-state index in [-0.39, 0.29) is 5.69 Å². The molecule has 1 aliphatic heterocycles. The predicted molar refractivity (Wildman–Crippen MR) is 76.4 cm³/mol. The second kappa shape index (κ2) is 4.90. The third-order valence-corrected chi connectivity index (χ3v) is 4.11. The van der Waals surface area contributed by atoms with E-state index in [2.05, 4.69) is 16.9 Å². The molecule has 1 fully saturated rings. The normalized spacial score (nSPS) is 17.7. The number of fused-ring (bicyclic) bond motifs is 1. The Morgan fingerprint density at radius 2 is 2.10 bits per heavy atom. The van der Waals surface area contributed by atoms with E-state index in [9.17, 15) is 9.90 Å². The minimum Gasteiger partial charge on any atom is -0.476 e. The number of carboxylic acid groups (broad SMARTS) is 1. The first-order valence-electron chi connectivity index (χ1n) is 6.96. The maximum absolute atomic E-state index is 11.4. The third kappa shape index (κ3) is 2.18. The number of likely N-dealkylation sites (tertiary alicyclic amines) is 1. The minimum absolute atomic E-state index is 0.169. The molecule has 2 aromatic rings. The van der Waals surface area contributed by atoms with Crippen molar-refractivity contribution in [2.45, 2.75) is 25.7 Å². The van der Waals surface area contributed by atoms with Crippen molar-refractivity contribution in [2.24, 2.45) is 0 Å². The lowest BCUT2D eigenvalue weighted by Crippen LogP contribution is -2.29. The van der Waals surface area contributed by atoms with Gasteiger partial charge in [0, 0.05) is 12.1 Å². The fourth-order valence-corrected chi connectivity index (χ4v) is 2.93. The van der Waals surface area contributed by atoms with E-state index in [4.69, 9.17) is 0 Å². The maximum Gasteiger partial charge on any atom is 0.356 e. The molecule has 0 aliphatic carbocycles. The number of carboxylic acids is 1. The summed E-state index contributed by atoms with van der Waals surface area (Å²) in [7, 11) is 2.12. The molecule has 5 nitrogen and oxygen atoms in total. The summed E-state index contributed by atoms with van der Waals surface area (Å²) in [6.07, 6.45) is 4.00. The number of rotatable bonds is 2. The first-order chi connectivity index (χ1) is 9.56. The van der Waals surface area contributed by atoms with Gasteiger partial charge in [-0.25, -0.2) is 9.78 Å². The standard InChI is InChI=1S/C15H19N3O2/c1-10-3-8-18-12(9-10)13(15(19)20)16-14(18)11-4-6-17(2)7-5-11/h3,8-9,11H,4-7H2,1-2H3,(H,19,20). The van der Waals surface area contributed by atoms with Crippen LogP contribution in [-0.2, 0) is 0 Å². The Morgan fingerprint density at radius 1 is 1.40 bits per heavy atom. The fourth-order valence-electron chi connectivity index (χ4n) is 2.93. The Balaban J connectivity index is 2.09. The summed E-state index contributed by atoms with van der Waals surface area (Å²) >= 11 is 0. The molecule has 5 heteroatoms. The summed E-state index contributed by atoms with van der Waals surface area (Å²) in [5.41, 5.74) is 1.92. The number of piperidine rings is 1. The van der Waals surface area contributed by atoms with Gasteiger partial charge in [0.1, 0.15) is 5.82 Å². The Bertz CT molecular complexity index is 654. The molecule has 3 heterocycles. The molecule has 2 aromatic heterocycles. The number of aryl methyl sites for hydroxylation is 1. The SMILES string of the molecule is Cc1ccn2c(C3CCN(C)CC3)nc(C(=O)O)c2c1. The molecule has 1 saturated heterocycles. The van der Waals surface area contributed by atoms with Gasteiger partial charge in [-0.2, -0.15) is 0 Å². The zero-order valence-corrected chi connectivity index (χ0v) is 11.8. The fraction of sp³-hybridized carbons (Fsp3) is 0.467. The molecule has 106 valence electrons. The molecular weight excluding hydrogens is 254 g/mol. The highest BCUT2D eigenvalue weighted by molar-refractivity contribution is 5.93. The number of aromatic nitrogens is 2. The molecule has 0 aromatic carbocycles. The Kier molecular flexibility index (Phi) is 3.22. The van der Waals surface area contributed by atoms with Gasteiger partial charge in [0.25, 0.3) is 0 Å². The van der Waals surface area contributed by atoms with Crippen LogP contribution in [0.5, 0.6) is 0 Å². The average Bonchev–Trinajstić information content (AvgIpc) is 2.78. The number of hydrogen-bond acceptors (Lipinski definition) is 3. The van der Waals surface area contributed by atoms with Crippen LogP contribution in [0.25, 0.3) is 5.52 Å². The van der Waals surface area contributed by atoms with E-state index in [0.717, 1.165) is 37.3 Å². The first-order valence-corrected chi connectivity index (χ1v) is 6.96. The van der Waals surface area contributed by atoms with Crippen LogP contribution in [0, 0.1) is 6.92 Å². The first kappa shape index (κ1) is 13.1. The van der Waals surface area contributed by atoms with E-state index in [1.165, 1.54) is 0 Å². The van der Waals surface area contributed by atoms with Crippen LogP contribution < -0.4 is 0 Å². The van der Waals surface area contributed by atoms with Gasteiger partial charge in [-0.3, -0.25) is 0 Å². The summed E-state index contributed by atoms with van der Waals surface area (Å²) in [6.45, 7) is 4.04. The van der Waals surface area contributed by atoms with Gasteiger partial charge in [-0.1, -0.05) is 0 Å². The Hall–Kier alpha value is -1.88. The molecule has 0 bridgehead atoms. The number of aromatic carboxylic acids is 1. The summed E-state index contributed by atoms with van der Waals surface area (Å²) in [6, 6.07) is 3.90. The van der Waals surface area contributed by atoms with Crippen LogP contribution >= 0.6 is 0 Å². The topological polar surface area (TPSA) is 57.8 Å². The molecule has 0 atom stereocenters. The lowest BCUT2D eigenvalue weighted by Gasteiger charge is -2.28. The molecule has 0 radical (unpaired) electrons. The highest BCUT2D eigenvalue weighted by Gasteiger charge is 2.25. The molecule has 3 rings (SSSR count). The van der Waals surface area contributed by atoms with Crippen molar-refractivity contribution in [3.8, 4) is 0 Å². The zero-order chi connectivity index (χ0) is 14.3. The number of carbonyl (C=O) groups is 1. The maximum atomic E-state index is 11.4. The number of pyridine rings is 1. The lowest BCUT2D eigenvalue weighted by molar-refractivity contribution is 0.0693. The molecule has 20 heavy (non-hydrogen) atoms. The van der Waals surface area contributed by atoms with Gasteiger partial charge < -0.3 is 14.4 Å². The van der Waals surface area contributed by atoms with Crippen LogP contribution in [-0.4, -0.2) is 45.5 Å². The van der Waals surface area contributed by atoms with E-state index in [1.807, 2.05) is 29.7 Å².